The zero-order valence-corrected chi connectivity index (χ0v) is 13.5. The molecule has 4 rings (SSSR count). The van der Waals surface area contributed by atoms with Crippen molar-refractivity contribution in [3.8, 4) is 5.75 Å². The van der Waals surface area contributed by atoms with E-state index in [2.05, 4.69) is 27.2 Å². The predicted molar refractivity (Wildman–Crippen MR) is 83.3 cm³/mol. The van der Waals surface area contributed by atoms with Crippen LogP contribution in [0.1, 0.15) is 17.3 Å². The van der Waals surface area contributed by atoms with E-state index < -0.39 is 0 Å². The molecule has 0 N–H and O–H groups in total. The number of nitrogens with zero attached hydrogens (tertiary/aromatic N) is 3. The van der Waals surface area contributed by atoms with Crippen molar-refractivity contribution in [3.05, 3.63) is 41.6 Å². The molecule has 6 heteroatoms. The highest BCUT2D eigenvalue weighted by atomic mass is 16.5. The molecule has 0 bridgehead atoms. The van der Waals surface area contributed by atoms with Crippen molar-refractivity contribution in [2.45, 2.75) is 18.9 Å². The first-order chi connectivity index (χ1) is 11.2. The summed E-state index contributed by atoms with van der Waals surface area (Å²) >= 11 is 0. The Balaban J connectivity index is 1.55. The standard InChI is InChI=1S/C17H21N3O3/c1-12-18-19-16(23-12)17-10-20(8-14(17)9-22-11-17)7-13-4-3-5-15(6-13)21-2/h3-6,14H,7-11H2,1-2H3/t14-,17-/m1/s1. The molecule has 2 atom stereocenters. The smallest absolute Gasteiger partial charge is 0.226 e. The number of benzene rings is 1. The van der Waals surface area contributed by atoms with Gasteiger partial charge in [-0.25, -0.2) is 0 Å². The molecule has 0 radical (unpaired) electrons. The fraction of sp³-hybridized carbons (Fsp3) is 0.529. The topological polar surface area (TPSA) is 60.6 Å². The first-order valence-corrected chi connectivity index (χ1v) is 7.93. The predicted octanol–water partition coefficient (Wildman–Crippen LogP) is 1.79. The van der Waals surface area contributed by atoms with E-state index in [1.165, 1.54) is 5.56 Å². The van der Waals surface area contributed by atoms with Crippen LogP contribution >= 0.6 is 0 Å². The zero-order chi connectivity index (χ0) is 15.9. The average molecular weight is 315 g/mol. The molecule has 6 nitrogen and oxygen atoms in total. The van der Waals surface area contributed by atoms with Gasteiger partial charge in [0.1, 0.15) is 5.75 Å². The van der Waals surface area contributed by atoms with Crippen LogP contribution in [0.25, 0.3) is 0 Å². The minimum Gasteiger partial charge on any atom is -0.497 e. The van der Waals surface area contributed by atoms with Crippen molar-refractivity contribution in [2.75, 3.05) is 33.4 Å². The Hall–Kier alpha value is -1.92. The van der Waals surface area contributed by atoms with Crippen LogP contribution in [0.3, 0.4) is 0 Å². The van der Waals surface area contributed by atoms with Gasteiger partial charge in [0.15, 0.2) is 0 Å². The van der Waals surface area contributed by atoms with Gasteiger partial charge in [0.05, 0.1) is 25.7 Å². The third-order valence-electron chi connectivity index (χ3n) is 4.94. The van der Waals surface area contributed by atoms with Crippen LogP contribution in [-0.2, 0) is 16.7 Å². The molecular formula is C17H21N3O3. The van der Waals surface area contributed by atoms with Crippen molar-refractivity contribution >= 4 is 0 Å². The fourth-order valence-corrected chi connectivity index (χ4v) is 3.79. The SMILES string of the molecule is COc1cccc(CN2C[C@@H]3COC[C@]3(c3nnc(C)o3)C2)c1. The first-order valence-electron chi connectivity index (χ1n) is 7.93. The molecule has 0 unspecified atom stereocenters. The largest absolute Gasteiger partial charge is 0.497 e. The molecule has 1 aromatic carbocycles. The lowest BCUT2D eigenvalue weighted by atomic mass is 9.81. The van der Waals surface area contributed by atoms with Crippen LogP contribution in [0.2, 0.25) is 0 Å². The summed E-state index contributed by atoms with van der Waals surface area (Å²) in [6.45, 7) is 6.02. The summed E-state index contributed by atoms with van der Waals surface area (Å²) in [6, 6.07) is 8.23. The van der Waals surface area contributed by atoms with Gasteiger partial charge >= 0.3 is 0 Å². The van der Waals surface area contributed by atoms with Crippen molar-refractivity contribution < 1.29 is 13.9 Å². The molecule has 23 heavy (non-hydrogen) atoms. The molecule has 2 aliphatic heterocycles. The van der Waals surface area contributed by atoms with E-state index in [-0.39, 0.29) is 5.41 Å². The van der Waals surface area contributed by atoms with Gasteiger partial charge in [0, 0.05) is 32.5 Å². The third kappa shape index (κ3) is 2.52. The molecular weight excluding hydrogens is 294 g/mol. The molecule has 0 aliphatic carbocycles. The fourth-order valence-electron chi connectivity index (χ4n) is 3.79. The van der Waals surface area contributed by atoms with E-state index in [1.807, 2.05) is 19.1 Å². The highest BCUT2D eigenvalue weighted by Gasteiger charge is 2.55. The van der Waals surface area contributed by atoms with Gasteiger partial charge in [-0.15, -0.1) is 10.2 Å². The van der Waals surface area contributed by atoms with E-state index in [9.17, 15) is 0 Å². The lowest BCUT2D eigenvalue weighted by Crippen LogP contribution is -2.35. The summed E-state index contributed by atoms with van der Waals surface area (Å²) in [7, 11) is 1.70. The molecule has 2 aromatic rings. The molecule has 0 spiro atoms. The van der Waals surface area contributed by atoms with Crippen molar-refractivity contribution in [3.63, 3.8) is 0 Å². The van der Waals surface area contributed by atoms with Crippen LogP contribution in [-0.4, -0.2) is 48.5 Å². The second-order valence-electron chi connectivity index (χ2n) is 6.52. The van der Waals surface area contributed by atoms with Gasteiger partial charge in [-0.2, -0.15) is 0 Å². The Morgan fingerprint density at radius 3 is 3.09 bits per heavy atom. The zero-order valence-electron chi connectivity index (χ0n) is 13.5. The number of methoxy groups -OCH3 is 1. The van der Waals surface area contributed by atoms with Gasteiger partial charge in [-0.1, -0.05) is 12.1 Å². The van der Waals surface area contributed by atoms with Crippen LogP contribution in [0, 0.1) is 12.8 Å². The summed E-state index contributed by atoms with van der Waals surface area (Å²) < 4.78 is 16.8. The molecule has 2 fully saturated rings. The number of aryl methyl sites for hydroxylation is 1. The average Bonchev–Trinajstić information content (AvgIpc) is 3.21. The number of hydrogen-bond donors (Lipinski definition) is 0. The minimum atomic E-state index is -0.153. The maximum atomic E-state index is 5.76. The molecule has 1 aromatic heterocycles. The monoisotopic (exact) mass is 315 g/mol. The number of rotatable bonds is 4. The van der Waals surface area contributed by atoms with Crippen LogP contribution in [0.4, 0.5) is 0 Å². The number of likely N-dealkylation sites (tertiary alicyclic amines) is 1. The van der Waals surface area contributed by atoms with E-state index in [0.29, 0.717) is 18.4 Å². The van der Waals surface area contributed by atoms with Crippen molar-refractivity contribution in [1.82, 2.24) is 15.1 Å². The van der Waals surface area contributed by atoms with E-state index >= 15 is 0 Å². The second-order valence-corrected chi connectivity index (χ2v) is 6.52. The summed E-state index contributed by atoms with van der Waals surface area (Å²) in [4.78, 5) is 2.45. The van der Waals surface area contributed by atoms with Crippen molar-refractivity contribution in [1.29, 1.82) is 0 Å². The highest BCUT2D eigenvalue weighted by molar-refractivity contribution is 5.29. The molecule has 122 valence electrons. The van der Waals surface area contributed by atoms with E-state index in [0.717, 1.165) is 37.9 Å². The quantitative estimate of drug-likeness (QED) is 0.857. The Bertz CT molecular complexity index is 702. The first kappa shape index (κ1) is 14.7. The van der Waals surface area contributed by atoms with Gasteiger partial charge in [-0.05, 0) is 17.7 Å². The van der Waals surface area contributed by atoms with E-state index in [4.69, 9.17) is 13.9 Å². The van der Waals surface area contributed by atoms with Crippen LogP contribution < -0.4 is 4.74 Å². The van der Waals surface area contributed by atoms with Gasteiger partial charge in [-0.3, -0.25) is 4.90 Å². The van der Waals surface area contributed by atoms with Crippen molar-refractivity contribution in [2.24, 2.45) is 5.92 Å². The summed E-state index contributed by atoms with van der Waals surface area (Å²) in [5.74, 6) is 2.65. The summed E-state index contributed by atoms with van der Waals surface area (Å²) in [5.41, 5.74) is 1.10. The molecule has 0 saturated carbocycles. The number of aromatic nitrogens is 2. The van der Waals surface area contributed by atoms with E-state index in [1.54, 1.807) is 7.11 Å². The molecule has 2 aliphatic rings. The number of fused-ring (bicyclic) bond motifs is 1. The summed E-state index contributed by atoms with van der Waals surface area (Å²) in [5, 5.41) is 8.30. The third-order valence-corrected chi connectivity index (χ3v) is 4.94. The van der Waals surface area contributed by atoms with Gasteiger partial charge in [0.2, 0.25) is 11.8 Å². The normalized spacial score (nSPS) is 27.3. The Morgan fingerprint density at radius 2 is 2.30 bits per heavy atom. The Kier molecular flexibility index (Phi) is 3.58. The molecule has 2 saturated heterocycles. The van der Waals surface area contributed by atoms with Gasteiger partial charge in [0.25, 0.3) is 0 Å². The number of hydrogen-bond acceptors (Lipinski definition) is 6. The Labute approximate surface area is 135 Å². The van der Waals surface area contributed by atoms with Gasteiger partial charge < -0.3 is 13.9 Å². The molecule has 3 heterocycles. The summed E-state index contributed by atoms with van der Waals surface area (Å²) in [6.07, 6.45) is 0. The maximum Gasteiger partial charge on any atom is 0.226 e. The lowest BCUT2D eigenvalue weighted by molar-refractivity contribution is 0.140. The maximum absolute atomic E-state index is 5.76. The minimum absolute atomic E-state index is 0.153. The number of ether oxygens (including phenoxy) is 2. The molecule has 0 amide bonds. The second kappa shape index (κ2) is 5.62. The van der Waals surface area contributed by atoms with Crippen LogP contribution in [0.5, 0.6) is 5.75 Å². The Morgan fingerprint density at radius 1 is 1.39 bits per heavy atom. The highest BCUT2D eigenvalue weighted by Crippen LogP contribution is 2.43. The lowest BCUT2D eigenvalue weighted by Gasteiger charge is -2.23. The van der Waals surface area contributed by atoms with Crippen LogP contribution in [0.15, 0.2) is 28.7 Å².